The first-order valence-electron chi connectivity index (χ1n) is 12.3. The molecule has 0 saturated carbocycles. The van der Waals surface area contributed by atoms with Crippen LogP contribution in [-0.2, 0) is 0 Å². The number of alkyl halides is 2. The SMILES string of the molecule is COc1cc2c(Nc3nnc(C)s3)nc(N3CCC(F)(F)CC3)nc2cc1OCCCN1CCCC1. The van der Waals surface area contributed by atoms with E-state index in [1.807, 2.05) is 19.1 Å². The maximum absolute atomic E-state index is 13.8. The fourth-order valence-corrected chi connectivity index (χ4v) is 5.18. The second-order valence-corrected chi connectivity index (χ2v) is 10.4. The average Bonchev–Trinajstić information content (AvgIpc) is 3.53. The number of nitrogens with zero attached hydrogens (tertiary/aromatic N) is 6. The van der Waals surface area contributed by atoms with Gasteiger partial charge in [-0.2, -0.15) is 4.98 Å². The summed E-state index contributed by atoms with van der Waals surface area (Å²) in [4.78, 5) is 13.7. The van der Waals surface area contributed by atoms with Gasteiger partial charge >= 0.3 is 0 Å². The third-order valence-electron chi connectivity index (χ3n) is 6.57. The van der Waals surface area contributed by atoms with Gasteiger partial charge in [0.1, 0.15) is 10.8 Å². The van der Waals surface area contributed by atoms with Gasteiger partial charge in [-0.3, -0.25) is 0 Å². The Morgan fingerprint density at radius 3 is 2.53 bits per heavy atom. The highest BCUT2D eigenvalue weighted by molar-refractivity contribution is 7.15. The van der Waals surface area contributed by atoms with E-state index in [1.54, 1.807) is 12.0 Å². The molecule has 2 fully saturated rings. The van der Waals surface area contributed by atoms with Crippen LogP contribution < -0.4 is 19.7 Å². The molecule has 4 heterocycles. The van der Waals surface area contributed by atoms with Crippen LogP contribution in [0.5, 0.6) is 11.5 Å². The topological polar surface area (TPSA) is 88.5 Å². The van der Waals surface area contributed by atoms with Gasteiger partial charge in [0.2, 0.25) is 11.1 Å². The molecule has 1 aromatic carbocycles. The molecule has 12 heteroatoms. The summed E-state index contributed by atoms with van der Waals surface area (Å²) in [6, 6.07) is 3.68. The van der Waals surface area contributed by atoms with Crippen molar-refractivity contribution < 1.29 is 18.3 Å². The van der Waals surface area contributed by atoms with Crippen LogP contribution in [0.25, 0.3) is 10.9 Å². The molecule has 2 aromatic heterocycles. The minimum atomic E-state index is -2.65. The first kappa shape index (κ1) is 24.8. The van der Waals surface area contributed by atoms with Crippen LogP contribution in [0.4, 0.5) is 25.7 Å². The Balaban J connectivity index is 1.43. The fourth-order valence-electron chi connectivity index (χ4n) is 4.59. The molecular formula is C24H31F2N7O2S. The monoisotopic (exact) mass is 519 g/mol. The number of fused-ring (bicyclic) bond motifs is 1. The number of benzene rings is 1. The second-order valence-electron chi connectivity index (χ2n) is 9.24. The van der Waals surface area contributed by atoms with Crippen molar-refractivity contribution in [2.45, 2.75) is 45.0 Å². The van der Waals surface area contributed by atoms with E-state index in [2.05, 4.69) is 20.4 Å². The number of rotatable bonds is 9. The van der Waals surface area contributed by atoms with Crippen LogP contribution in [0.15, 0.2) is 12.1 Å². The van der Waals surface area contributed by atoms with E-state index in [9.17, 15) is 8.78 Å². The number of nitrogens with one attached hydrogen (secondary N) is 1. The molecule has 36 heavy (non-hydrogen) atoms. The van der Waals surface area contributed by atoms with Gasteiger partial charge in [-0.15, -0.1) is 10.2 Å². The first-order chi connectivity index (χ1) is 17.4. The summed E-state index contributed by atoms with van der Waals surface area (Å²) in [5.41, 5.74) is 0.636. The van der Waals surface area contributed by atoms with Gasteiger partial charge < -0.3 is 24.6 Å². The molecule has 1 N–H and O–H groups in total. The Labute approximate surface area is 212 Å². The second kappa shape index (κ2) is 10.6. The summed E-state index contributed by atoms with van der Waals surface area (Å²) >= 11 is 1.40. The van der Waals surface area contributed by atoms with Crippen LogP contribution in [0.1, 0.15) is 37.1 Å². The summed E-state index contributed by atoms with van der Waals surface area (Å²) in [6.45, 7) is 6.13. The van der Waals surface area contributed by atoms with E-state index in [0.29, 0.717) is 40.5 Å². The van der Waals surface area contributed by atoms with Gasteiger partial charge in [-0.05, 0) is 45.3 Å². The van der Waals surface area contributed by atoms with Crippen molar-refractivity contribution in [3.63, 3.8) is 0 Å². The van der Waals surface area contributed by atoms with Crippen LogP contribution in [0.3, 0.4) is 0 Å². The van der Waals surface area contributed by atoms with Crippen molar-refractivity contribution in [3.05, 3.63) is 17.1 Å². The van der Waals surface area contributed by atoms with Gasteiger partial charge in [0.25, 0.3) is 5.92 Å². The Hall–Kier alpha value is -2.86. The van der Waals surface area contributed by atoms with Gasteiger partial charge in [0.15, 0.2) is 11.5 Å². The Bertz CT molecular complexity index is 1190. The molecular weight excluding hydrogens is 488 g/mol. The highest BCUT2D eigenvalue weighted by Crippen LogP contribution is 2.37. The molecule has 3 aromatic rings. The largest absolute Gasteiger partial charge is 0.493 e. The lowest BCUT2D eigenvalue weighted by atomic mass is 10.1. The van der Waals surface area contributed by atoms with Crippen LogP contribution in [0.2, 0.25) is 0 Å². The number of halogens is 2. The molecule has 0 amide bonds. The molecule has 194 valence electrons. The van der Waals surface area contributed by atoms with Gasteiger partial charge in [-0.25, -0.2) is 13.8 Å². The van der Waals surface area contributed by atoms with Crippen LogP contribution in [-0.4, -0.2) is 77.4 Å². The van der Waals surface area contributed by atoms with Crippen molar-refractivity contribution in [1.82, 2.24) is 25.1 Å². The van der Waals surface area contributed by atoms with E-state index < -0.39 is 5.92 Å². The highest BCUT2D eigenvalue weighted by atomic mass is 32.1. The lowest BCUT2D eigenvalue weighted by molar-refractivity contribution is -0.0222. The number of aromatic nitrogens is 4. The normalized spacial score (nSPS) is 18.1. The number of anilines is 3. The highest BCUT2D eigenvalue weighted by Gasteiger charge is 2.35. The predicted octanol–water partition coefficient (Wildman–Crippen LogP) is 4.64. The molecule has 2 saturated heterocycles. The standard InChI is InChI=1S/C24H31F2N7O2S/c1-16-30-31-23(36-16)29-21-17-14-19(34-2)20(35-13-5-10-32-8-3-4-9-32)15-18(17)27-22(28-21)33-11-6-24(25,26)7-12-33/h14-15H,3-13H2,1-2H3,(H,27,28,29,31). The zero-order chi connectivity index (χ0) is 25.1. The van der Waals surface area contributed by atoms with Crippen molar-refractivity contribution >= 4 is 39.1 Å². The number of hydrogen-bond acceptors (Lipinski definition) is 10. The van der Waals surface area contributed by atoms with E-state index in [4.69, 9.17) is 19.4 Å². The molecule has 0 atom stereocenters. The van der Waals surface area contributed by atoms with Crippen molar-refractivity contribution in [1.29, 1.82) is 0 Å². The van der Waals surface area contributed by atoms with E-state index in [1.165, 1.54) is 24.2 Å². The lowest BCUT2D eigenvalue weighted by Gasteiger charge is -2.32. The molecule has 2 aliphatic rings. The summed E-state index contributed by atoms with van der Waals surface area (Å²) < 4.78 is 39.3. The molecule has 5 rings (SSSR count). The maximum atomic E-state index is 13.8. The van der Waals surface area contributed by atoms with Crippen LogP contribution in [0, 0.1) is 6.92 Å². The number of hydrogen-bond donors (Lipinski definition) is 1. The zero-order valence-corrected chi connectivity index (χ0v) is 21.4. The van der Waals surface area contributed by atoms with Crippen LogP contribution >= 0.6 is 11.3 Å². The smallest absolute Gasteiger partial charge is 0.251 e. The molecule has 0 spiro atoms. The van der Waals surface area contributed by atoms with Crippen molar-refractivity contribution in [2.24, 2.45) is 0 Å². The summed E-state index contributed by atoms with van der Waals surface area (Å²) in [5.74, 6) is -0.565. The molecule has 0 bridgehead atoms. The maximum Gasteiger partial charge on any atom is 0.251 e. The predicted molar refractivity (Wildman–Crippen MR) is 136 cm³/mol. The number of methoxy groups -OCH3 is 1. The average molecular weight is 520 g/mol. The Kier molecular flexibility index (Phi) is 7.33. The molecule has 9 nitrogen and oxygen atoms in total. The van der Waals surface area contributed by atoms with Gasteiger partial charge in [-0.1, -0.05) is 11.3 Å². The van der Waals surface area contributed by atoms with Crippen molar-refractivity contribution in [3.8, 4) is 11.5 Å². The number of likely N-dealkylation sites (tertiary alicyclic amines) is 1. The minimum absolute atomic E-state index is 0.186. The molecule has 2 aliphatic heterocycles. The molecule has 0 unspecified atom stereocenters. The van der Waals surface area contributed by atoms with Gasteiger partial charge in [0.05, 0.1) is 19.2 Å². The third kappa shape index (κ3) is 5.75. The molecule has 0 radical (unpaired) electrons. The quantitative estimate of drug-likeness (QED) is 0.406. The fraction of sp³-hybridized carbons (Fsp3) is 0.583. The minimum Gasteiger partial charge on any atom is -0.493 e. The lowest BCUT2D eigenvalue weighted by Crippen LogP contribution is -2.40. The van der Waals surface area contributed by atoms with Crippen molar-refractivity contribution in [2.75, 3.05) is 56.7 Å². The Morgan fingerprint density at radius 1 is 1.06 bits per heavy atom. The number of ether oxygens (including phenoxy) is 2. The zero-order valence-electron chi connectivity index (χ0n) is 20.6. The third-order valence-corrected chi connectivity index (χ3v) is 7.33. The first-order valence-corrected chi connectivity index (χ1v) is 13.2. The van der Waals surface area contributed by atoms with E-state index in [-0.39, 0.29) is 25.9 Å². The summed E-state index contributed by atoms with van der Waals surface area (Å²) in [6.07, 6.45) is 3.01. The summed E-state index contributed by atoms with van der Waals surface area (Å²) in [7, 11) is 1.60. The van der Waals surface area contributed by atoms with E-state index in [0.717, 1.165) is 36.4 Å². The number of aryl methyl sites for hydroxylation is 1. The molecule has 0 aliphatic carbocycles. The van der Waals surface area contributed by atoms with E-state index >= 15 is 0 Å². The number of piperidine rings is 1. The summed E-state index contributed by atoms with van der Waals surface area (Å²) in [5, 5.41) is 13.6. The Morgan fingerprint density at radius 2 is 1.83 bits per heavy atom. The van der Waals surface area contributed by atoms with Gasteiger partial charge in [0, 0.05) is 43.9 Å².